The van der Waals surface area contributed by atoms with Crippen LogP contribution in [0.5, 0.6) is 5.75 Å². The van der Waals surface area contributed by atoms with E-state index in [-0.39, 0.29) is 0 Å². The van der Waals surface area contributed by atoms with Crippen LogP contribution in [0.15, 0.2) is 34.7 Å². The van der Waals surface area contributed by atoms with Crippen molar-refractivity contribution in [1.29, 1.82) is 0 Å². The number of benzene rings is 1. The molecule has 1 aromatic heterocycles. The molecular weight excluding hydrogens is 240 g/mol. The number of rotatable bonds is 5. The van der Waals surface area contributed by atoms with Crippen LogP contribution >= 0.6 is 0 Å². The van der Waals surface area contributed by atoms with E-state index in [9.17, 15) is 0 Å². The lowest BCUT2D eigenvalue weighted by Gasteiger charge is -2.13. The van der Waals surface area contributed by atoms with Gasteiger partial charge in [-0.05, 0) is 25.1 Å². The molecule has 0 aliphatic carbocycles. The summed E-state index contributed by atoms with van der Waals surface area (Å²) in [5, 5.41) is 0. The quantitative estimate of drug-likeness (QED) is 0.898. The van der Waals surface area contributed by atoms with Crippen LogP contribution in [0.3, 0.4) is 0 Å². The summed E-state index contributed by atoms with van der Waals surface area (Å²) in [6, 6.07) is 9.90. The van der Waals surface area contributed by atoms with Gasteiger partial charge < -0.3 is 19.8 Å². The van der Waals surface area contributed by atoms with Crippen molar-refractivity contribution in [3.8, 4) is 5.75 Å². The van der Waals surface area contributed by atoms with E-state index in [1.807, 2.05) is 56.3 Å². The molecule has 1 heterocycles. The van der Waals surface area contributed by atoms with Crippen LogP contribution in [-0.2, 0) is 13.2 Å². The molecule has 0 radical (unpaired) electrons. The molecule has 0 spiro atoms. The van der Waals surface area contributed by atoms with Crippen LogP contribution in [0, 0.1) is 6.92 Å². The number of ether oxygens (including phenoxy) is 1. The highest BCUT2D eigenvalue weighted by molar-refractivity contribution is 5.49. The third kappa shape index (κ3) is 3.29. The fourth-order valence-electron chi connectivity index (χ4n) is 1.87. The Morgan fingerprint density at radius 3 is 2.68 bits per heavy atom. The Kier molecular flexibility index (Phi) is 4.12. The Morgan fingerprint density at radius 1 is 1.26 bits per heavy atom. The summed E-state index contributed by atoms with van der Waals surface area (Å²) >= 11 is 0. The Bertz CT molecular complexity index is 547. The van der Waals surface area contributed by atoms with Crippen molar-refractivity contribution >= 4 is 5.69 Å². The first-order valence-corrected chi connectivity index (χ1v) is 6.28. The normalized spacial score (nSPS) is 10.5. The van der Waals surface area contributed by atoms with Gasteiger partial charge in [0.05, 0.1) is 0 Å². The van der Waals surface area contributed by atoms with E-state index in [1.165, 1.54) is 0 Å². The van der Waals surface area contributed by atoms with E-state index in [2.05, 4.69) is 0 Å². The maximum Gasteiger partial charge on any atom is 0.146 e. The second-order valence-corrected chi connectivity index (χ2v) is 4.68. The molecule has 0 saturated carbocycles. The highest BCUT2D eigenvalue weighted by Crippen LogP contribution is 2.21. The number of nitrogens with two attached hydrogens (primary N) is 1. The van der Waals surface area contributed by atoms with Gasteiger partial charge in [0, 0.05) is 38.0 Å². The smallest absolute Gasteiger partial charge is 0.146 e. The van der Waals surface area contributed by atoms with Crippen LogP contribution < -0.4 is 15.4 Å². The van der Waals surface area contributed by atoms with E-state index in [4.69, 9.17) is 14.9 Å². The monoisotopic (exact) mass is 260 g/mol. The van der Waals surface area contributed by atoms with Crippen LogP contribution in [0.2, 0.25) is 0 Å². The molecule has 0 aliphatic rings. The largest absolute Gasteiger partial charge is 0.486 e. The van der Waals surface area contributed by atoms with Crippen molar-refractivity contribution in [1.82, 2.24) is 0 Å². The molecule has 2 rings (SSSR count). The zero-order valence-electron chi connectivity index (χ0n) is 11.6. The van der Waals surface area contributed by atoms with Gasteiger partial charge in [0.2, 0.25) is 0 Å². The molecule has 0 aliphatic heterocycles. The third-order valence-electron chi connectivity index (χ3n) is 3.01. The summed E-state index contributed by atoms with van der Waals surface area (Å²) in [4.78, 5) is 2.04. The van der Waals surface area contributed by atoms with Crippen LogP contribution in [0.25, 0.3) is 0 Å². The van der Waals surface area contributed by atoms with Crippen LogP contribution in [0.1, 0.15) is 17.1 Å². The van der Waals surface area contributed by atoms with Crippen molar-refractivity contribution < 1.29 is 9.15 Å². The summed E-state index contributed by atoms with van der Waals surface area (Å²) in [6.45, 7) is 2.82. The van der Waals surface area contributed by atoms with E-state index < -0.39 is 0 Å². The molecule has 2 N–H and O–H groups in total. The fourth-order valence-corrected chi connectivity index (χ4v) is 1.87. The number of furan rings is 1. The first-order chi connectivity index (χ1) is 9.10. The van der Waals surface area contributed by atoms with Crippen molar-refractivity contribution in [3.05, 3.63) is 47.4 Å². The standard InChI is InChI=1S/C15H20N2O2/c1-11-12(9-16)7-15(19-11)10-18-14-6-4-5-13(8-14)17(2)3/h4-8H,9-10,16H2,1-3H3. The molecule has 4 nitrogen and oxygen atoms in total. The minimum atomic E-state index is 0.414. The van der Waals surface area contributed by atoms with Gasteiger partial charge in [0.15, 0.2) is 0 Å². The van der Waals surface area contributed by atoms with Crippen molar-refractivity contribution in [2.45, 2.75) is 20.1 Å². The first kappa shape index (κ1) is 13.5. The second-order valence-electron chi connectivity index (χ2n) is 4.68. The molecule has 0 bridgehead atoms. The molecular formula is C15H20N2O2. The SMILES string of the molecule is Cc1oc(COc2cccc(N(C)C)c2)cc1CN. The highest BCUT2D eigenvalue weighted by atomic mass is 16.5. The van der Waals surface area contributed by atoms with Gasteiger partial charge in [-0.2, -0.15) is 0 Å². The van der Waals surface area contributed by atoms with E-state index in [0.717, 1.165) is 28.5 Å². The Hall–Kier alpha value is -1.94. The number of hydrogen-bond donors (Lipinski definition) is 1. The third-order valence-corrected chi connectivity index (χ3v) is 3.01. The molecule has 0 unspecified atom stereocenters. The molecule has 1 aromatic carbocycles. The maximum absolute atomic E-state index is 5.73. The predicted molar refractivity (Wildman–Crippen MR) is 76.4 cm³/mol. The average molecular weight is 260 g/mol. The molecule has 102 valence electrons. The minimum Gasteiger partial charge on any atom is -0.486 e. The Labute approximate surface area is 113 Å². The van der Waals surface area contributed by atoms with Gasteiger partial charge in [-0.1, -0.05) is 6.07 Å². The number of nitrogens with zero attached hydrogens (tertiary/aromatic N) is 1. The molecule has 4 heteroatoms. The van der Waals surface area contributed by atoms with Gasteiger partial charge in [0.1, 0.15) is 23.9 Å². The van der Waals surface area contributed by atoms with Gasteiger partial charge in [-0.25, -0.2) is 0 Å². The molecule has 0 amide bonds. The van der Waals surface area contributed by atoms with E-state index in [1.54, 1.807) is 0 Å². The second kappa shape index (κ2) is 5.80. The fraction of sp³-hybridized carbons (Fsp3) is 0.333. The topological polar surface area (TPSA) is 51.6 Å². The van der Waals surface area contributed by atoms with Crippen LogP contribution in [-0.4, -0.2) is 14.1 Å². The summed E-state index contributed by atoms with van der Waals surface area (Å²) in [5.41, 5.74) is 7.75. The Balaban J connectivity index is 2.03. The average Bonchev–Trinajstić information content (AvgIpc) is 2.77. The lowest BCUT2D eigenvalue weighted by Crippen LogP contribution is -2.08. The van der Waals surface area contributed by atoms with E-state index >= 15 is 0 Å². The molecule has 2 aromatic rings. The molecule has 19 heavy (non-hydrogen) atoms. The van der Waals surface area contributed by atoms with Gasteiger partial charge in [-0.15, -0.1) is 0 Å². The number of hydrogen-bond acceptors (Lipinski definition) is 4. The summed E-state index contributed by atoms with van der Waals surface area (Å²) in [5.74, 6) is 2.49. The predicted octanol–water partition coefficient (Wildman–Crippen LogP) is 2.69. The number of anilines is 1. The molecule has 0 saturated heterocycles. The zero-order valence-corrected chi connectivity index (χ0v) is 11.6. The Morgan fingerprint density at radius 2 is 2.05 bits per heavy atom. The van der Waals surface area contributed by atoms with Crippen LogP contribution in [0.4, 0.5) is 5.69 Å². The van der Waals surface area contributed by atoms with Gasteiger partial charge in [-0.3, -0.25) is 0 Å². The number of aryl methyl sites for hydroxylation is 1. The van der Waals surface area contributed by atoms with Crippen molar-refractivity contribution in [2.75, 3.05) is 19.0 Å². The van der Waals surface area contributed by atoms with Crippen molar-refractivity contribution in [2.24, 2.45) is 5.73 Å². The lowest BCUT2D eigenvalue weighted by molar-refractivity contribution is 0.267. The zero-order chi connectivity index (χ0) is 13.8. The van der Waals surface area contributed by atoms with Gasteiger partial charge >= 0.3 is 0 Å². The minimum absolute atomic E-state index is 0.414. The molecule has 0 atom stereocenters. The van der Waals surface area contributed by atoms with Gasteiger partial charge in [0.25, 0.3) is 0 Å². The lowest BCUT2D eigenvalue weighted by atomic mass is 10.2. The first-order valence-electron chi connectivity index (χ1n) is 6.28. The van der Waals surface area contributed by atoms with E-state index in [0.29, 0.717) is 13.2 Å². The molecule has 0 fully saturated rings. The summed E-state index contributed by atoms with van der Waals surface area (Å²) < 4.78 is 11.3. The highest BCUT2D eigenvalue weighted by Gasteiger charge is 2.07. The van der Waals surface area contributed by atoms with Crippen molar-refractivity contribution in [3.63, 3.8) is 0 Å². The maximum atomic E-state index is 5.73. The summed E-state index contributed by atoms with van der Waals surface area (Å²) in [7, 11) is 4.01. The summed E-state index contributed by atoms with van der Waals surface area (Å²) in [6.07, 6.45) is 0.